The lowest BCUT2D eigenvalue weighted by Gasteiger charge is -2.14. The van der Waals surface area contributed by atoms with E-state index in [1.54, 1.807) is 24.3 Å². The molecular weight excluding hydrogens is 241 g/mol. The van der Waals surface area contributed by atoms with Crippen molar-refractivity contribution in [3.05, 3.63) is 35.4 Å². The molecule has 17 heavy (non-hydrogen) atoms. The van der Waals surface area contributed by atoms with E-state index in [4.69, 9.17) is 5.73 Å². The first kappa shape index (κ1) is 12.5. The van der Waals surface area contributed by atoms with Gasteiger partial charge in [0.25, 0.3) is 0 Å². The van der Waals surface area contributed by atoms with Crippen molar-refractivity contribution in [1.82, 2.24) is 0 Å². The average Bonchev–Trinajstić information content (AvgIpc) is 2.69. The van der Waals surface area contributed by atoms with E-state index in [1.807, 2.05) is 0 Å². The monoisotopic (exact) mass is 257 g/mol. The number of hydrogen-bond donors (Lipinski definition) is 1. The fraction of sp³-hybridized carbons (Fsp3) is 0.500. The molecule has 0 amide bonds. The summed E-state index contributed by atoms with van der Waals surface area (Å²) in [4.78, 5) is 0. The third-order valence-corrected chi connectivity index (χ3v) is 5.01. The van der Waals surface area contributed by atoms with Crippen LogP contribution in [0, 0.1) is 5.92 Å². The minimum Gasteiger partial charge on any atom is -0.326 e. The molecule has 0 aliphatic carbocycles. The van der Waals surface area contributed by atoms with Crippen LogP contribution < -0.4 is 5.73 Å². The number of rotatable bonds is 3. The molecule has 1 saturated heterocycles. The summed E-state index contributed by atoms with van der Waals surface area (Å²) in [6, 6.07) is 6.95. The Bertz CT molecular complexity index is 484. The second-order valence-corrected chi connectivity index (χ2v) is 6.74. The third-order valence-electron chi connectivity index (χ3n) is 3.22. The lowest BCUT2D eigenvalue weighted by Crippen LogP contribution is -2.11. The summed E-state index contributed by atoms with van der Waals surface area (Å²) >= 11 is 0. The second-order valence-electron chi connectivity index (χ2n) is 4.51. The van der Waals surface area contributed by atoms with Gasteiger partial charge in [0, 0.05) is 12.5 Å². The van der Waals surface area contributed by atoms with E-state index in [0.29, 0.717) is 18.5 Å². The first-order chi connectivity index (χ1) is 8.02. The van der Waals surface area contributed by atoms with Crippen LogP contribution in [-0.4, -0.2) is 19.9 Å². The van der Waals surface area contributed by atoms with Crippen LogP contribution in [0.1, 0.15) is 23.7 Å². The van der Waals surface area contributed by atoms with Crippen LogP contribution in [-0.2, 0) is 16.4 Å². The number of hydrogen-bond acceptors (Lipinski definition) is 3. The van der Waals surface area contributed by atoms with E-state index in [9.17, 15) is 12.8 Å². The summed E-state index contributed by atoms with van der Waals surface area (Å²) < 4.78 is 36.7. The Morgan fingerprint density at radius 3 is 2.47 bits per heavy atom. The maximum Gasteiger partial charge on any atom is 0.150 e. The Morgan fingerprint density at radius 2 is 2.00 bits per heavy atom. The van der Waals surface area contributed by atoms with Crippen molar-refractivity contribution in [3.63, 3.8) is 0 Å². The lowest BCUT2D eigenvalue weighted by atomic mass is 9.96. The highest BCUT2D eigenvalue weighted by molar-refractivity contribution is 7.91. The van der Waals surface area contributed by atoms with E-state index in [1.165, 1.54) is 0 Å². The van der Waals surface area contributed by atoms with E-state index >= 15 is 0 Å². The zero-order chi connectivity index (χ0) is 12.5. The van der Waals surface area contributed by atoms with Gasteiger partial charge in [0.15, 0.2) is 9.84 Å². The molecule has 1 fully saturated rings. The maximum absolute atomic E-state index is 14.1. The average molecular weight is 257 g/mol. The van der Waals surface area contributed by atoms with Crippen molar-refractivity contribution in [1.29, 1.82) is 0 Å². The molecule has 0 radical (unpaired) electrons. The quantitative estimate of drug-likeness (QED) is 0.894. The second kappa shape index (κ2) is 4.74. The molecule has 5 heteroatoms. The Balaban J connectivity index is 2.11. The van der Waals surface area contributed by atoms with E-state index in [0.717, 1.165) is 5.56 Å². The van der Waals surface area contributed by atoms with Crippen LogP contribution >= 0.6 is 0 Å². The summed E-state index contributed by atoms with van der Waals surface area (Å²) in [5.74, 6) is -0.324. The molecule has 2 rings (SSSR count). The number of benzene rings is 1. The smallest absolute Gasteiger partial charge is 0.150 e. The van der Waals surface area contributed by atoms with Crippen molar-refractivity contribution in [3.8, 4) is 0 Å². The van der Waals surface area contributed by atoms with Crippen LogP contribution in [0.15, 0.2) is 24.3 Å². The highest BCUT2D eigenvalue weighted by atomic mass is 32.2. The van der Waals surface area contributed by atoms with Crippen molar-refractivity contribution in [2.24, 2.45) is 11.7 Å². The minimum atomic E-state index is -3.02. The molecule has 2 unspecified atom stereocenters. The molecule has 94 valence electrons. The van der Waals surface area contributed by atoms with Gasteiger partial charge in [-0.05, 0) is 17.5 Å². The highest BCUT2D eigenvalue weighted by Gasteiger charge is 2.34. The zero-order valence-electron chi connectivity index (χ0n) is 9.47. The Labute approximate surface area is 101 Å². The minimum absolute atomic E-state index is 0.0349. The summed E-state index contributed by atoms with van der Waals surface area (Å²) in [5.41, 5.74) is 6.95. The molecule has 3 nitrogen and oxygen atoms in total. The van der Waals surface area contributed by atoms with Crippen molar-refractivity contribution in [2.45, 2.75) is 19.1 Å². The number of alkyl halides is 1. The van der Waals surface area contributed by atoms with E-state index < -0.39 is 21.9 Å². The zero-order valence-corrected chi connectivity index (χ0v) is 10.3. The molecule has 2 atom stereocenters. The summed E-state index contributed by atoms with van der Waals surface area (Å²) in [6.07, 6.45) is -0.776. The van der Waals surface area contributed by atoms with Crippen LogP contribution in [0.5, 0.6) is 0 Å². The van der Waals surface area contributed by atoms with Crippen LogP contribution in [0.4, 0.5) is 4.39 Å². The van der Waals surface area contributed by atoms with Crippen molar-refractivity contribution < 1.29 is 12.8 Å². The van der Waals surface area contributed by atoms with Gasteiger partial charge in [-0.25, -0.2) is 12.8 Å². The SMILES string of the molecule is NCc1ccc(C(F)C2CCS(=O)(=O)C2)cc1. The van der Waals surface area contributed by atoms with Gasteiger partial charge >= 0.3 is 0 Å². The van der Waals surface area contributed by atoms with Crippen LogP contribution in [0.25, 0.3) is 0 Å². The molecule has 0 spiro atoms. The van der Waals surface area contributed by atoms with E-state index in [2.05, 4.69) is 0 Å². The molecule has 0 saturated carbocycles. The Hall–Kier alpha value is -0.940. The predicted octanol–water partition coefficient (Wildman–Crippen LogP) is 1.59. The van der Waals surface area contributed by atoms with Gasteiger partial charge < -0.3 is 5.73 Å². The molecule has 1 aromatic rings. The first-order valence-corrected chi connectivity index (χ1v) is 7.47. The van der Waals surface area contributed by atoms with Gasteiger partial charge in [-0.1, -0.05) is 24.3 Å². The summed E-state index contributed by atoms with van der Waals surface area (Å²) in [6.45, 7) is 0.426. The standard InChI is InChI=1S/C12H16FNO2S/c13-12(11-5-6-17(15,16)8-11)10-3-1-9(7-14)2-4-10/h1-4,11-12H,5-8,14H2. The molecule has 1 heterocycles. The molecule has 2 N–H and O–H groups in total. The van der Waals surface area contributed by atoms with Gasteiger partial charge in [0.05, 0.1) is 11.5 Å². The van der Waals surface area contributed by atoms with Gasteiger partial charge in [-0.2, -0.15) is 0 Å². The molecule has 1 aliphatic heterocycles. The molecule has 0 aromatic heterocycles. The van der Waals surface area contributed by atoms with Crippen LogP contribution in [0.2, 0.25) is 0 Å². The number of sulfone groups is 1. The third kappa shape index (κ3) is 2.84. The predicted molar refractivity (Wildman–Crippen MR) is 64.9 cm³/mol. The molecular formula is C12H16FNO2S. The molecule has 0 bridgehead atoms. The first-order valence-electron chi connectivity index (χ1n) is 5.65. The van der Waals surface area contributed by atoms with Gasteiger partial charge in [-0.15, -0.1) is 0 Å². The summed E-state index contributed by atoms with van der Waals surface area (Å²) in [7, 11) is -3.02. The van der Waals surface area contributed by atoms with Crippen LogP contribution in [0.3, 0.4) is 0 Å². The topological polar surface area (TPSA) is 60.2 Å². The maximum atomic E-state index is 14.1. The van der Waals surface area contributed by atoms with Gasteiger partial charge in [0.1, 0.15) is 6.17 Å². The Kier molecular flexibility index (Phi) is 3.49. The Morgan fingerprint density at radius 1 is 1.35 bits per heavy atom. The molecule has 1 aliphatic rings. The van der Waals surface area contributed by atoms with Gasteiger partial charge in [-0.3, -0.25) is 0 Å². The largest absolute Gasteiger partial charge is 0.326 e. The van der Waals surface area contributed by atoms with Crippen molar-refractivity contribution in [2.75, 3.05) is 11.5 Å². The number of halogens is 1. The van der Waals surface area contributed by atoms with E-state index in [-0.39, 0.29) is 11.5 Å². The molecule has 1 aromatic carbocycles. The lowest BCUT2D eigenvalue weighted by molar-refractivity contribution is 0.251. The highest BCUT2D eigenvalue weighted by Crippen LogP contribution is 2.34. The van der Waals surface area contributed by atoms with Gasteiger partial charge in [0.2, 0.25) is 0 Å². The van der Waals surface area contributed by atoms with Crippen molar-refractivity contribution >= 4 is 9.84 Å². The number of nitrogens with two attached hydrogens (primary N) is 1. The summed E-state index contributed by atoms with van der Waals surface area (Å²) in [5, 5.41) is 0. The fourth-order valence-electron chi connectivity index (χ4n) is 2.16. The normalized spacial score (nSPS) is 24.7. The fourth-order valence-corrected chi connectivity index (χ4v) is 3.98.